The molecular formula is C34H32O6. The van der Waals surface area contributed by atoms with Gasteiger partial charge in [0.1, 0.15) is 23.0 Å². The summed E-state index contributed by atoms with van der Waals surface area (Å²) >= 11 is 0. The van der Waals surface area contributed by atoms with E-state index in [9.17, 15) is 9.59 Å². The lowest BCUT2D eigenvalue weighted by Gasteiger charge is -2.38. The van der Waals surface area contributed by atoms with E-state index in [1.54, 1.807) is 62.8 Å². The predicted molar refractivity (Wildman–Crippen MR) is 153 cm³/mol. The molecule has 4 aromatic carbocycles. The number of carbonyl (C=O) groups excluding carboxylic acids is 2. The minimum Gasteiger partial charge on any atom is -0.497 e. The lowest BCUT2D eigenvalue weighted by molar-refractivity contribution is 0.0725. The molecule has 0 radical (unpaired) electrons. The molecule has 0 atom stereocenters. The second kappa shape index (κ2) is 12.1. The largest absolute Gasteiger partial charge is 0.497 e. The number of methoxy groups -OCH3 is 2. The molecule has 1 saturated carbocycles. The first-order valence-corrected chi connectivity index (χ1v) is 13.4. The monoisotopic (exact) mass is 536 g/mol. The van der Waals surface area contributed by atoms with Crippen molar-refractivity contribution in [1.29, 1.82) is 0 Å². The first kappa shape index (κ1) is 27.0. The van der Waals surface area contributed by atoms with Crippen LogP contribution in [0.15, 0.2) is 97.1 Å². The molecule has 1 aliphatic rings. The quantitative estimate of drug-likeness (QED) is 0.173. The fourth-order valence-corrected chi connectivity index (χ4v) is 5.42. The summed E-state index contributed by atoms with van der Waals surface area (Å²) < 4.78 is 21.7. The van der Waals surface area contributed by atoms with E-state index in [4.69, 9.17) is 18.9 Å². The van der Waals surface area contributed by atoms with Gasteiger partial charge in [-0.05, 0) is 84.6 Å². The summed E-state index contributed by atoms with van der Waals surface area (Å²) in [6.45, 7) is 0. The zero-order valence-corrected chi connectivity index (χ0v) is 22.7. The van der Waals surface area contributed by atoms with Crippen LogP contribution in [0.1, 0.15) is 63.9 Å². The number of rotatable bonds is 8. The Morgan fingerprint density at radius 3 is 1.38 bits per heavy atom. The van der Waals surface area contributed by atoms with E-state index in [0.29, 0.717) is 34.1 Å². The Morgan fingerprint density at radius 1 is 0.550 bits per heavy atom. The maximum atomic E-state index is 12.7. The Bertz CT molecular complexity index is 1360. The van der Waals surface area contributed by atoms with Crippen LogP contribution in [-0.4, -0.2) is 26.2 Å². The molecule has 1 aliphatic carbocycles. The molecule has 4 aromatic rings. The van der Waals surface area contributed by atoms with Crippen LogP contribution >= 0.6 is 0 Å². The highest BCUT2D eigenvalue weighted by Gasteiger charge is 2.35. The van der Waals surface area contributed by atoms with Gasteiger partial charge in [0.15, 0.2) is 0 Å². The Hall–Kier alpha value is -4.58. The number of ether oxygens (including phenoxy) is 4. The van der Waals surface area contributed by atoms with E-state index in [2.05, 4.69) is 24.3 Å². The fourth-order valence-electron chi connectivity index (χ4n) is 5.42. The summed E-state index contributed by atoms with van der Waals surface area (Å²) in [5.74, 6) is 1.32. The number of esters is 2. The van der Waals surface area contributed by atoms with E-state index >= 15 is 0 Å². The molecular weight excluding hydrogens is 504 g/mol. The van der Waals surface area contributed by atoms with Crippen molar-refractivity contribution >= 4 is 11.9 Å². The number of benzene rings is 4. The van der Waals surface area contributed by atoms with Crippen LogP contribution in [0.4, 0.5) is 0 Å². The van der Waals surface area contributed by atoms with Gasteiger partial charge in [-0.3, -0.25) is 0 Å². The van der Waals surface area contributed by atoms with Gasteiger partial charge in [0.05, 0.1) is 25.3 Å². The summed E-state index contributed by atoms with van der Waals surface area (Å²) in [5.41, 5.74) is 3.05. The molecule has 0 aliphatic heterocycles. The third-order valence-corrected chi connectivity index (χ3v) is 7.55. The van der Waals surface area contributed by atoms with Gasteiger partial charge in [0, 0.05) is 5.41 Å². The minimum absolute atomic E-state index is 0.164. The molecule has 6 nitrogen and oxygen atoms in total. The van der Waals surface area contributed by atoms with Gasteiger partial charge >= 0.3 is 11.9 Å². The molecule has 0 heterocycles. The van der Waals surface area contributed by atoms with Crippen LogP contribution < -0.4 is 18.9 Å². The van der Waals surface area contributed by atoms with Gasteiger partial charge in [-0.25, -0.2) is 9.59 Å². The van der Waals surface area contributed by atoms with Crippen molar-refractivity contribution in [3.05, 3.63) is 119 Å². The van der Waals surface area contributed by atoms with Gasteiger partial charge < -0.3 is 18.9 Å². The molecule has 5 rings (SSSR count). The normalized spacial score (nSPS) is 14.2. The summed E-state index contributed by atoms with van der Waals surface area (Å²) in [6, 6.07) is 29.4. The summed E-state index contributed by atoms with van der Waals surface area (Å²) in [5, 5.41) is 0. The van der Waals surface area contributed by atoms with Crippen LogP contribution in [0.2, 0.25) is 0 Å². The Balaban J connectivity index is 1.33. The van der Waals surface area contributed by atoms with Gasteiger partial charge in [0.25, 0.3) is 0 Å². The van der Waals surface area contributed by atoms with Crippen LogP contribution in [0.3, 0.4) is 0 Å². The van der Waals surface area contributed by atoms with Crippen molar-refractivity contribution < 1.29 is 28.5 Å². The molecule has 0 amide bonds. The SMILES string of the molecule is COc1cccc(C(=O)Oc2ccc(C3(c4ccc(OC(=O)c5cccc(OC)c5)cc4)CCCCC3)cc2)c1. The highest BCUT2D eigenvalue weighted by atomic mass is 16.5. The van der Waals surface area contributed by atoms with Crippen molar-refractivity contribution in [1.82, 2.24) is 0 Å². The van der Waals surface area contributed by atoms with Crippen LogP contribution in [0.5, 0.6) is 23.0 Å². The highest BCUT2D eigenvalue weighted by molar-refractivity contribution is 5.92. The van der Waals surface area contributed by atoms with Crippen LogP contribution in [0.25, 0.3) is 0 Å². The first-order valence-electron chi connectivity index (χ1n) is 13.4. The zero-order valence-electron chi connectivity index (χ0n) is 22.7. The van der Waals surface area contributed by atoms with Crippen molar-refractivity contribution in [2.45, 2.75) is 37.5 Å². The summed E-state index contributed by atoms with van der Waals surface area (Å²) in [7, 11) is 3.12. The van der Waals surface area contributed by atoms with Gasteiger partial charge in [-0.15, -0.1) is 0 Å². The topological polar surface area (TPSA) is 71.1 Å². The van der Waals surface area contributed by atoms with Gasteiger partial charge in [-0.1, -0.05) is 55.7 Å². The third kappa shape index (κ3) is 5.86. The van der Waals surface area contributed by atoms with Crippen LogP contribution in [-0.2, 0) is 5.41 Å². The van der Waals surface area contributed by atoms with Crippen LogP contribution in [0, 0.1) is 0 Å². The highest BCUT2D eigenvalue weighted by Crippen LogP contribution is 2.45. The Kier molecular flexibility index (Phi) is 8.15. The molecule has 0 saturated heterocycles. The molecule has 1 fully saturated rings. The van der Waals surface area contributed by atoms with E-state index in [1.165, 1.54) is 17.5 Å². The molecule has 6 heteroatoms. The number of hydrogen-bond donors (Lipinski definition) is 0. The van der Waals surface area contributed by atoms with Gasteiger partial charge in [-0.2, -0.15) is 0 Å². The lowest BCUT2D eigenvalue weighted by atomic mass is 9.65. The third-order valence-electron chi connectivity index (χ3n) is 7.55. The van der Waals surface area contributed by atoms with E-state index in [1.807, 2.05) is 24.3 Å². The van der Waals surface area contributed by atoms with Crippen molar-refractivity contribution in [3.63, 3.8) is 0 Å². The van der Waals surface area contributed by atoms with Crippen molar-refractivity contribution in [3.8, 4) is 23.0 Å². The Morgan fingerprint density at radius 2 is 0.975 bits per heavy atom. The molecule has 0 N–H and O–H groups in total. The number of carbonyl (C=O) groups is 2. The molecule has 0 unspecified atom stereocenters. The number of hydrogen-bond acceptors (Lipinski definition) is 6. The molecule has 0 bridgehead atoms. The zero-order chi connectivity index (χ0) is 28.0. The van der Waals surface area contributed by atoms with E-state index in [0.717, 1.165) is 25.7 Å². The lowest BCUT2D eigenvalue weighted by Crippen LogP contribution is -2.30. The Labute approximate surface area is 234 Å². The molecule has 0 spiro atoms. The maximum Gasteiger partial charge on any atom is 0.343 e. The molecule has 0 aromatic heterocycles. The summed E-state index contributed by atoms with van der Waals surface area (Å²) in [4.78, 5) is 25.3. The minimum atomic E-state index is -0.432. The molecule has 204 valence electrons. The first-order chi connectivity index (χ1) is 19.5. The smallest absolute Gasteiger partial charge is 0.343 e. The second-order valence-corrected chi connectivity index (χ2v) is 9.93. The average molecular weight is 537 g/mol. The van der Waals surface area contributed by atoms with Crippen molar-refractivity contribution in [2.75, 3.05) is 14.2 Å². The fraction of sp³-hybridized carbons (Fsp3) is 0.235. The predicted octanol–water partition coefficient (Wildman–Crippen LogP) is 7.39. The summed E-state index contributed by atoms with van der Waals surface area (Å²) in [6.07, 6.45) is 5.48. The molecule has 40 heavy (non-hydrogen) atoms. The average Bonchev–Trinajstić information content (AvgIpc) is 3.02. The van der Waals surface area contributed by atoms with E-state index in [-0.39, 0.29) is 5.41 Å². The standard InChI is InChI=1S/C34H32O6/c1-37-30-10-6-8-24(22-30)32(35)39-28-16-12-26(13-17-28)34(20-4-3-5-21-34)27-14-18-29(19-15-27)40-33(36)25-9-7-11-31(23-25)38-2/h6-19,22-23H,3-5,20-21H2,1-2H3. The van der Waals surface area contributed by atoms with E-state index < -0.39 is 11.9 Å². The maximum absolute atomic E-state index is 12.7. The van der Waals surface area contributed by atoms with Gasteiger partial charge in [0.2, 0.25) is 0 Å². The second-order valence-electron chi connectivity index (χ2n) is 9.93. The van der Waals surface area contributed by atoms with Crippen molar-refractivity contribution in [2.24, 2.45) is 0 Å².